The van der Waals surface area contributed by atoms with Crippen LogP contribution in [0.3, 0.4) is 0 Å². The van der Waals surface area contributed by atoms with Gasteiger partial charge >= 0.3 is 0 Å². The minimum absolute atomic E-state index is 0.0866. The highest BCUT2D eigenvalue weighted by atomic mass is 16.5. The largest absolute Gasteiger partial charge is 0.483 e. The zero-order chi connectivity index (χ0) is 22.2. The van der Waals surface area contributed by atoms with E-state index in [1.165, 1.54) is 0 Å². The Morgan fingerprint density at radius 1 is 1.19 bits per heavy atom. The third kappa shape index (κ3) is 6.25. The monoisotopic (exact) mass is 440 g/mol. The van der Waals surface area contributed by atoms with Crippen LogP contribution >= 0.6 is 0 Å². The van der Waals surface area contributed by atoms with Crippen molar-refractivity contribution in [2.75, 3.05) is 39.5 Å². The van der Waals surface area contributed by atoms with Crippen LogP contribution in [0.15, 0.2) is 36.8 Å². The van der Waals surface area contributed by atoms with Crippen molar-refractivity contribution in [3.63, 3.8) is 0 Å². The lowest BCUT2D eigenvalue weighted by Crippen LogP contribution is -2.45. The van der Waals surface area contributed by atoms with Crippen molar-refractivity contribution in [3.05, 3.63) is 42.4 Å². The number of aliphatic hydroxyl groups is 1. The van der Waals surface area contributed by atoms with Gasteiger partial charge in [0.05, 0.1) is 30.7 Å². The average molecular weight is 441 g/mol. The van der Waals surface area contributed by atoms with Gasteiger partial charge in [0, 0.05) is 49.7 Å². The molecule has 2 heterocycles. The molecule has 4 rings (SSSR count). The summed E-state index contributed by atoms with van der Waals surface area (Å²) in [4.78, 5) is 23.3. The molecule has 0 spiro atoms. The van der Waals surface area contributed by atoms with Crippen molar-refractivity contribution < 1.29 is 19.4 Å². The summed E-state index contributed by atoms with van der Waals surface area (Å²) in [6, 6.07) is 5.88. The molecule has 32 heavy (non-hydrogen) atoms. The highest BCUT2D eigenvalue weighted by Gasteiger charge is 2.29. The van der Waals surface area contributed by atoms with Gasteiger partial charge in [-0.1, -0.05) is 19.3 Å². The number of ether oxygens (including phenoxy) is 2. The van der Waals surface area contributed by atoms with Crippen LogP contribution < -0.4 is 10.1 Å². The maximum Gasteiger partial charge on any atom is 0.258 e. The van der Waals surface area contributed by atoms with Crippen LogP contribution in [-0.4, -0.2) is 70.9 Å². The number of benzene rings is 1. The molecule has 1 aromatic heterocycles. The van der Waals surface area contributed by atoms with Crippen LogP contribution in [0.5, 0.6) is 5.75 Å². The standard InChI is InChI=1S/C24H32N4O4/c29-23(27-18-24(30)6-2-1-3-7-24)17-32-22-5-4-19(21-15-25-8-9-26-21)14-20(22)16-28-10-12-31-13-11-28/h4-5,8-9,14-15,30H,1-3,6-7,10-13,16-18H2,(H,27,29). The SMILES string of the molecule is O=C(COc1ccc(-c2cnccn2)cc1CN1CCOCC1)NCC1(O)CCCCC1. The molecular formula is C24H32N4O4. The number of nitrogens with one attached hydrogen (secondary N) is 1. The first kappa shape index (κ1) is 22.6. The molecule has 8 heteroatoms. The first-order valence-corrected chi connectivity index (χ1v) is 11.4. The molecule has 1 amide bonds. The summed E-state index contributed by atoms with van der Waals surface area (Å²) in [7, 11) is 0. The second-order valence-electron chi connectivity index (χ2n) is 8.65. The van der Waals surface area contributed by atoms with E-state index in [0.29, 0.717) is 25.5 Å². The highest BCUT2D eigenvalue weighted by Crippen LogP contribution is 2.28. The number of morpholine rings is 1. The van der Waals surface area contributed by atoms with Crippen molar-refractivity contribution in [3.8, 4) is 17.0 Å². The molecule has 0 bridgehead atoms. The molecule has 8 nitrogen and oxygen atoms in total. The van der Waals surface area contributed by atoms with Crippen molar-refractivity contribution in [2.45, 2.75) is 44.2 Å². The predicted molar refractivity (Wildman–Crippen MR) is 120 cm³/mol. The summed E-state index contributed by atoms with van der Waals surface area (Å²) in [6.45, 7) is 4.03. The molecule has 0 atom stereocenters. The third-order valence-electron chi connectivity index (χ3n) is 6.17. The van der Waals surface area contributed by atoms with Gasteiger partial charge in [0.2, 0.25) is 0 Å². The van der Waals surface area contributed by atoms with Gasteiger partial charge in [-0.15, -0.1) is 0 Å². The van der Waals surface area contributed by atoms with E-state index in [1.807, 2.05) is 12.1 Å². The third-order valence-corrected chi connectivity index (χ3v) is 6.17. The Bertz CT molecular complexity index is 881. The van der Waals surface area contributed by atoms with Crippen LogP contribution in [0, 0.1) is 0 Å². The Hall–Kier alpha value is -2.55. The molecule has 1 aliphatic carbocycles. The number of hydrogen-bond donors (Lipinski definition) is 2. The lowest BCUT2D eigenvalue weighted by atomic mass is 9.85. The molecule has 2 fully saturated rings. The Kier molecular flexibility index (Phi) is 7.68. The number of hydrogen-bond acceptors (Lipinski definition) is 7. The molecule has 1 saturated heterocycles. The van der Waals surface area contributed by atoms with E-state index in [-0.39, 0.29) is 19.1 Å². The van der Waals surface area contributed by atoms with Gasteiger partial charge in [-0.05, 0) is 31.0 Å². The molecule has 2 aromatic rings. The summed E-state index contributed by atoms with van der Waals surface area (Å²) in [5, 5.41) is 13.4. The number of rotatable bonds is 8. The minimum atomic E-state index is -0.784. The van der Waals surface area contributed by atoms with Gasteiger partial charge in [0.25, 0.3) is 5.91 Å². The summed E-state index contributed by atoms with van der Waals surface area (Å²) in [6.07, 6.45) is 9.69. The smallest absolute Gasteiger partial charge is 0.258 e. The van der Waals surface area contributed by atoms with E-state index in [0.717, 1.165) is 62.0 Å². The second kappa shape index (κ2) is 10.8. The Morgan fingerprint density at radius 2 is 2.00 bits per heavy atom. The van der Waals surface area contributed by atoms with E-state index < -0.39 is 5.60 Å². The van der Waals surface area contributed by atoms with Crippen molar-refractivity contribution >= 4 is 5.91 Å². The Labute approximate surface area is 189 Å². The van der Waals surface area contributed by atoms with Gasteiger partial charge in [-0.2, -0.15) is 0 Å². The van der Waals surface area contributed by atoms with Crippen molar-refractivity contribution in [1.29, 1.82) is 0 Å². The average Bonchev–Trinajstić information content (AvgIpc) is 2.84. The van der Waals surface area contributed by atoms with Gasteiger partial charge in [-0.3, -0.25) is 19.7 Å². The molecule has 0 unspecified atom stereocenters. The summed E-state index contributed by atoms with van der Waals surface area (Å²) >= 11 is 0. The molecule has 0 radical (unpaired) electrons. The number of nitrogens with zero attached hydrogens (tertiary/aromatic N) is 3. The lowest BCUT2D eigenvalue weighted by Gasteiger charge is -2.32. The van der Waals surface area contributed by atoms with Crippen LogP contribution in [-0.2, 0) is 16.1 Å². The maximum atomic E-state index is 12.4. The summed E-state index contributed by atoms with van der Waals surface area (Å²) < 4.78 is 11.4. The highest BCUT2D eigenvalue weighted by molar-refractivity contribution is 5.77. The van der Waals surface area contributed by atoms with Crippen molar-refractivity contribution in [2.24, 2.45) is 0 Å². The molecule has 2 N–H and O–H groups in total. The van der Waals surface area contributed by atoms with Crippen LogP contribution in [0.1, 0.15) is 37.7 Å². The fourth-order valence-corrected chi connectivity index (χ4v) is 4.30. The predicted octanol–water partition coefficient (Wildman–Crippen LogP) is 2.17. The van der Waals surface area contributed by atoms with Gasteiger partial charge < -0.3 is 19.9 Å². The van der Waals surface area contributed by atoms with Crippen LogP contribution in [0.4, 0.5) is 0 Å². The first-order chi connectivity index (χ1) is 15.6. The van der Waals surface area contributed by atoms with E-state index in [4.69, 9.17) is 9.47 Å². The Morgan fingerprint density at radius 3 is 2.75 bits per heavy atom. The van der Waals surface area contributed by atoms with E-state index in [9.17, 15) is 9.90 Å². The molecule has 1 saturated carbocycles. The quantitative estimate of drug-likeness (QED) is 0.649. The fraction of sp³-hybridized carbons (Fsp3) is 0.542. The summed E-state index contributed by atoms with van der Waals surface area (Å²) in [5.74, 6) is 0.454. The topological polar surface area (TPSA) is 96.8 Å². The maximum absolute atomic E-state index is 12.4. The van der Waals surface area contributed by atoms with E-state index >= 15 is 0 Å². The van der Waals surface area contributed by atoms with Gasteiger partial charge in [-0.25, -0.2) is 0 Å². The number of amides is 1. The minimum Gasteiger partial charge on any atom is -0.483 e. The molecule has 1 aliphatic heterocycles. The van der Waals surface area contributed by atoms with E-state index in [1.54, 1.807) is 18.6 Å². The zero-order valence-corrected chi connectivity index (χ0v) is 18.5. The van der Waals surface area contributed by atoms with Crippen molar-refractivity contribution in [1.82, 2.24) is 20.2 Å². The second-order valence-corrected chi connectivity index (χ2v) is 8.65. The molecular weight excluding hydrogens is 408 g/mol. The molecule has 2 aliphatic rings. The zero-order valence-electron chi connectivity index (χ0n) is 18.5. The van der Waals surface area contributed by atoms with E-state index in [2.05, 4.69) is 26.3 Å². The van der Waals surface area contributed by atoms with Gasteiger partial charge in [0.15, 0.2) is 6.61 Å². The Balaban J connectivity index is 1.41. The van der Waals surface area contributed by atoms with Crippen LogP contribution in [0.25, 0.3) is 11.3 Å². The molecule has 1 aromatic carbocycles. The first-order valence-electron chi connectivity index (χ1n) is 11.4. The normalized spacial score (nSPS) is 18.8. The van der Waals surface area contributed by atoms with Crippen LogP contribution in [0.2, 0.25) is 0 Å². The number of carbonyl (C=O) groups is 1. The lowest BCUT2D eigenvalue weighted by molar-refractivity contribution is -0.124. The number of carbonyl (C=O) groups excluding carboxylic acids is 1. The number of aromatic nitrogens is 2. The summed E-state index contributed by atoms with van der Waals surface area (Å²) in [5.41, 5.74) is 1.96. The van der Waals surface area contributed by atoms with Gasteiger partial charge in [0.1, 0.15) is 5.75 Å². The fourth-order valence-electron chi connectivity index (χ4n) is 4.30. The molecule has 172 valence electrons.